The summed E-state index contributed by atoms with van der Waals surface area (Å²) >= 11 is 0. The van der Waals surface area contributed by atoms with Gasteiger partial charge in [0.15, 0.2) is 5.54 Å². The van der Waals surface area contributed by atoms with Crippen LogP contribution in [0.25, 0.3) is 0 Å². The largest absolute Gasteiger partial charge is 0.316 e. The van der Waals surface area contributed by atoms with Crippen LogP contribution in [-0.2, 0) is 16.9 Å². The maximum absolute atomic E-state index is 13.3. The Balaban J connectivity index is 1.87. The van der Waals surface area contributed by atoms with E-state index in [1.54, 1.807) is 0 Å². The number of amidine groups is 1. The summed E-state index contributed by atoms with van der Waals surface area (Å²) in [5.41, 5.74) is 2.69. The number of carbonyl (C=O) groups excluding carboxylic acids is 1. The predicted molar refractivity (Wildman–Crippen MR) is 108 cm³/mol. The third-order valence-corrected chi connectivity index (χ3v) is 4.80. The van der Waals surface area contributed by atoms with Gasteiger partial charge in [0.25, 0.3) is 5.91 Å². The van der Waals surface area contributed by atoms with Crippen molar-refractivity contribution in [3.8, 4) is 0 Å². The molecule has 2 N–H and O–H groups in total. The van der Waals surface area contributed by atoms with Crippen LogP contribution >= 0.6 is 0 Å². The number of hydrogen-bond acceptors (Lipinski definition) is 3. The van der Waals surface area contributed by atoms with Gasteiger partial charge in [0, 0.05) is 12.1 Å². The highest BCUT2D eigenvalue weighted by molar-refractivity contribution is 6.16. The summed E-state index contributed by atoms with van der Waals surface area (Å²) < 4.78 is 0. The van der Waals surface area contributed by atoms with Crippen LogP contribution in [0.5, 0.6) is 0 Å². The molecule has 0 radical (unpaired) electrons. The Bertz CT molecular complexity index is 941. The van der Waals surface area contributed by atoms with Gasteiger partial charge in [0.2, 0.25) is 0 Å². The van der Waals surface area contributed by atoms with Gasteiger partial charge in [-0.3, -0.25) is 4.79 Å². The molecule has 1 amide bonds. The zero-order valence-corrected chi connectivity index (χ0v) is 15.1. The summed E-state index contributed by atoms with van der Waals surface area (Å²) in [6.07, 6.45) is 0. The second-order valence-corrected chi connectivity index (χ2v) is 6.59. The Morgan fingerprint density at radius 3 is 2.11 bits per heavy atom. The van der Waals surface area contributed by atoms with E-state index in [2.05, 4.69) is 22.8 Å². The first-order valence-electron chi connectivity index (χ1n) is 9.00. The van der Waals surface area contributed by atoms with Crippen molar-refractivity contribution in [3.63, 3.8) is 0 Å². The maximum Gasteiger partial charge on any atom is 0.262 e. The quantitative estimate of drug-likeness (QED) is 0.738. The maximum atomic E-state index is 13.3. The van der Waals surface area contributed by atoms with E-state index in [1.165, 1.54) is 0 Å². The zero-order chi connectivity index (χ0) is 18.7. The average Bonchev–Trinajstić information content (AvgIpc) is 3.08. The van der Waals surface area contributed by atoms with Crippen molar-refractivity contribution in [3.05, 3.63) is 107 Å². The van der Waals surface area contributed by atoms with Gasteiger partial charge in [-0.1, -0.05) is 78.9 Å². The molecular formula is C23H21N3O. The molecule has 27 heavy (non-hydrogen) atoms. The van der Waals surface area contributed by atoms with E-state index in [0.29, 0.717) is 5.84 Å². The molecule has 3 aromatic carbocycles. The van der Waals surface area contributed by atoms with Crippen molar-refractivity contribution in [2.75, 3.05) is 7.05 Å². The second kappa shape index (κ2) is 7.17. The number of amides is 1. The third-order valence-electron chi connectivity index (χ3n) is 4.80. The zero-order valence-electron chi connectivity index (χ0n) is 15.1. The van der Waals surface area contributed by atoms with Crippen LogP contribution in [0.4, 0.5) is 0 Å². The van der Waals surface area contributed by atoms with Crippen molar-refractivity contribution < 1.29 is 4.79 Å². The Morgan fingerprint density at radius 2 is 1.52 bits per heavy atom. The lowest BCUT2D eigenvalue weighted by molar-refractivity contribution is -0.122. The van der Waals surface area contributed by atoms with E-state index in [-0.39, 0.29) is 5.91 Å². The van der Waals surface area contributed by atoms with Gasteiger partial charge < -0.3 is 10.6 Å². The topological polar surface area (TPSA) is 53.5 Å². The van der Waals surface area contributed by atoms with Crippen LogP contribution in [0.15, 0.2) is 89.9 Å². The third kappa shape index (κ3) is 3.04. The van der Waals surface area contributed by atoms with Gasteiger partial charge in [-0.25, -0.2) is 4.99 Å². The average molecular weight is 355 g/mol. The minimum Gasteiger partial charge on any atom is -0.316 e. The Kier molecular flexibility index (Phi) is 4.57. The number of nitrogens with zero attached hydrogens (tertiary/aromatic N) is 1. The number of nitrogens with one attached hydrogen (secondary N) is 2. The van der Waals surface area contributed by atoms with E-state index >= 15 is 0 Å². The fourth-order valence-corrected chi connectivity index (χ4v) is 3.53. The van der Waals surface area contributed by atoms with Crippen LogP contribution in [0, 0.1) is 0 Å². The highest BCUT2D eigenvalue weighted by Crippen LogP contribution is 2.37. The Labute approximate surface area is 159 Å². The molecule has 4 rings (SSSR count). The van der Waals surface area contributed by atoms with Crippen molar-refractivity contribution in [1.82, 2.24) is 10.6 Å². The molecular weight excluding hydrogens is 334 g/mol. The van der Waals surface area contributed by atoms with E-state index in [9.17, 15) is 4.79 Å². The van der Waals surface area contributed by atoms with Gasteiger partial charge in [0.05, 0.1) is 0 Å². The summed E-state index contributed by atoms with van der Waals surface area (Å²) in [5.74, 6) is 0.472. The van der Waals surface area contributed by atoms with Crippen LogP contribution in [0.3, 0.4) is 0 Å². The molecule has 0 saturated heterocycles. The summed E-state index contributed by atoms with van der Waals surface area (Å²) in [5, 5.41) is 6.17. The van der Waals surface area contributed by atoms with Gasteiger partial charge in [0.1, 0.15) is 5.84 Å². The molecule has 4 heteroatoms. The molecule has 0 aromatic heterocycles. The summed E-state index contributed by atoms with van der Waals surface area (Å²) in [6.45, 7) is 0.761. The van der Waals surface area contributed by atoms with E-state index < -0.39 is 5.54 Å². The number of rotatable bonds is 5. The van der Waals surface area contributed by atoms with Gasteiger partial charge >= 0.3 is 0 Å². The molecule has 0 fully saturated rings. The fraction of sp³-hybridized carbons (Fsp3) is 0.130. The first kappa shape index (κ1) is 17.2. The minimum atomic E-state index is -1.07. The highest BCUT2D eigenvalue weighted by atomic mass is 16.2. The lowest BCUT2D eigenvalue weighted by Gasteiger charge is -2.24. The molecule has 1 heterocycles. The molecule has 3 aromatic rings. The second-order valence-electron chi connectivity index (χ2n) is 6.59. The molecule has 1 aliphatic heterocycles. The number of benzene rings is 3. The summed E-state index contributed by atoms with van der Waals surface area (Å²) in [6, 6.07) is 27.5. The molecule has 0 bridgehead atoms. The normalized spacial score (nSPS) is 15.3. The lowest BCUT2D eigenvalue weighted by Crippen LogP contribution is -2.38. The van der Waals surface area contributed by atoms with Crippen LogP contribution in [-0.4, -0.2) is 18.8 Å². The molecule has 0 atom stereocenters. The SMILES string of the molecule is CNCc1cccc(C2=NC(c3ccccc3)(c3ccccc3)C(=O)N2)c1. The number of hydrogen-bond donors (Lipinski definition) is 2. The van der Waals surface area contributed by atoms with E-state index in [0.717, 1.165) is 28.8 Å². The molecule has 0 unspecified atom stereocenters. The molecule has 134 valence electrons. The highest BCUT2D eigenvalue weighted by Gasteiger charge is 2.46. The van der Waals surface area contributed by atoms with Gasteiger partial charge in [-0.15, -0.1) is 0 Å². The predicted octanol–water partition coefficient (Wildman–Crippen LogP) is 3.23. The lowest BCUT2D eigenvalue weighted by atomic mass is 9.83. The first-order valence-corrected chi connectivity index (χ1v) is 9.00. The van der Waals surface area contributed by atoms with Crippen LogP contribution in [0.2, 0.25) is 0 Å². The first-order chi connectivity index (χ1) is 13.2. The van der Waals surface area contributed by atoms with E-state index in [4.69, 9.17) is 4.99 Å². The summed E-state index contributed by atoms with van der Waals surface area (Å²) in [4.78, 5) is 18.2. The number of aliphatic imine (C=N–C) groups is 1. The fourth-order valence-electron chi connectivity index (χ4n) is 3.53. The van der Waals surface area contributed by atoms with Crippen molar-refractivity contribution in [2.45, 2.75) is 12.1 Å². The van der Waals surface area contributed by atoms with Crippen LogP contribution in [0.1, 0.15) is 22.3 Å². The molecule has 0 spiro atoms. The van der Waals surface area contributed by atoms with Gasteiger partial charge in [-0.05, 0) is 29.8 Å². The van der Waals surface area contributed by atoms with Crippen LogP contribution < -0.4 is 10.6 Å². The Morgan fingerprint density at radius 1 is 0.889 bits per heavy atom. The number of carbonyl (C=O) groups is 1. The minimum absolute atomic E-state index is 0.131. The molecule has 0 saturated carbocycles. The monoisotopic (exact) mass is 355 g/mol. The summed E-state index contributed by atoms with van der Waals surface area (Å²) in [7, 11) is 1.91. The van der Waals surface area contributed by atoms with Gasteiger partial charge in [-0.2, -0.15) is 0 Å². The Hall–Kier alpha value is -3.24. The van der Waals surface area contributed by atoms with Crippen molar-refractivity contribution >= 4 is 11.7 Å². The standard InChI is InChI=1S/C23H21N3O/c1-24-16-17-9-8-10-18(15-17)21-25-22(27)23(26-21,19-11-4-2-5-12-19)20-13-6-3-7-14-20/h2-15,24H,16H2,1H3,(H,25,26,27). The molecule has 4 nitrogen and oxygen atoms in total. The smallest absolute Gasteiger partial charge is 0.262 e. The van der Waals surface area contributed by atoms with Crippen molar-refractivity contribution in [2.24, 2.45) is 4.99 Å². The van der Waals surface area contributed by atoms with Crippen molar-refractivity contribution in [1.29, 1.82) is 0 Å². The molecule has 1 aliphatic rings. The molecule has 0 aliphatic carbocycles. The van der Waals surface area contributed by atoms with E-state index in [1.807, 2.05) is 79.8 Å².